The Morgan fingerprint density at radius 3 is 2.60 bits per heavy atom. The Kier molecular flexibility index (Phi) is 3.79. The van der Waals surface area contributed by atoms with E-state index in [2.05, 4.69) is 23.6 Å². The van der Waals surface area contributed by atoms with Crippen molar-refractivity contribution in [3.63, 3.8) is 0 Å². The van der Waals surface area contributed by atoms with Crippen LogP contribution in [-0.2, 0) is 10.0 Å². The summed E-state index contributed by atoms with van der Waals surface area (Å²) in [4.78, 5) is 13.3. The molecule has 0 bridgehead atoms. The number of nitrogens with one attached hydrogen (secondary N) is 1. The Bertz CT molecular complexity index is 610. The third kappa shape index (κ3) is 3.31. The molecule has 0 aliphatic heterocycles. The molecule has 1 N–H and O–H groups in total. The molecule has 1 heterocycles. The Balaban J connectivity index is 2.12. The van der Waals surface area contributed by atoms with Crippen LogP contribution in [-0.4, -0.2) is 24.4 Å². The van der Waals surface area contributed by atoms with Gasteiger partial charge in [-0.2, -0.15) is 0 Å². The van der Waals surface area contributed by atoms with E-state index in [4.69, 9.17) is 0 Å². The smallest absolute Gasteiger partial charge is 0.358 e. The van der Waals surface area contributed by atoms with Crippen molar-refractivity contribution in [2.45, 2.75) is 44.0 Å². The van der Waals surface area contributed by atoms with E-state index in [1.54, 1.807) is 0 Å². The second-order valence-corrected chi connectivity index (χ2v) is 7.55. The van der Waals surface area contributed by atoms with Crippen LogP contribution in [0.15, 0.2) is 23.2 Å². The molecule has 110 valence electrons. The van der Waals surface area contributed by atoms with Crippen molar-refractivity contribution in [1.29, 1.82) is 0 Å². The van der Waals surface area contributed by atoms with E-state index in [9.17, 15) is 18.5 Å². The van der Waals surface area contributed by atoms with Crippen LogP contribution in [0.5, 0.6) is 0 Å². The molecule has 2 rings (SSSR count). The van der Waals surface area contributed by atoms with Crippen LogP contribution in [0.2, 0.25) is 0 Å². The fourth-order valence-corrected chi connectivity index (χ4v) is 3.68. The summed E-state index contributed by atoms with van der Waals surface area (Å²) < 4.78 is 27.0. The van der Waals surface area contributed by atoms with Gasteiger partial charge in [0.25, 0.3) is 0 Å². The molecule has 1 aliphatic carbocycles. The molecule has 0 saturated heterocycles. The van der Waals surface area contributed by atoms with Gasteiger partial charge in [-0.05, 0) is 40.7 Å². The third-order valence-electron chi connectivity index (χ3n) is 3.51. The van der Waals surface area contributed by atoms with Crippen LogP contribution < -0.4 is 4.72 Å². The van der Waals surface area contributed by atoms with Crippen LogP contribution >= 0.6 is 0 Å². The molecule has 0 radical (unpaired) electrons. The molecule has 0 amide bonds. The maximum atomic E-state index is 12.2. The Morgan fingerprint density at radius 1 is 1.45 bits per heavy atom. The van der Waals surface area contributed by atoms with Crippen molar-refractivity contribution in [3.05, 3.63) is 28.4 Å². The summed E-state index contributed by atoms with van der Waals surface area (Å²) in [5, 5.41) is 10.5. The highest BCUT2D eigenvalue weighted by atomic mass is 32.2. The van der Waals surface area contributed by atoms with Gasteiger partial charge in [0.1, 0.15) is 4.90 Å². The van der Waals surface area contributed by atoms with Gasteiger partial charge in [-0.1, -0.05) is 13.8 Å². The first-order valence-electron chi connectivity index (χ1n) is 6.32. The Morgan fingerprint density at radius 2 is 2.15 bits per heavy atom. The molecule has 0 aromatic carbocycles. The van der Waals surface area contributed by atoms with Crippen molar-refractivity contribution in [3.8, 4) is 0 Å². The molecule has 1 unspecified atom stereocenters. The second-order valence-electron chi connectivity index (χ2n) is 5.83. The first kappa shape index (κ1) is 14.9. The topological polar surface area (TPSA) is 102 Å². The predicted molar refractivity (Wildman–Crippen MR) is 72.6 cm³/mol. The van der Waals surface area contributed by atoms with Crippen molar-refractivity contribution >= 4 is 15.8 Å². The molecular weight excluding hydrogens is 282 g/mol. The molecule has 1 atom stereocenters. The monoisotopic (exact) mass is 299 g/mol. The molecule has 7 nitrogen and oxygen atoms in total. The first-order chi connectivity index (χ1) is 9.20. The molecule has 0 spiro atoms. The number of nitrogens with zero attached hydrogens (tertiary/aromatic N) is 2. The summed E-state index contributed by atoms with van der Waals surface area (Å²) in [6, 6.07) is 2.20. The number of hydrogen-bond acceptors (Lipinski definition) is 5. The van der Waals surface area contributed by atoms with Crippen molar-refractivity contribution < 1.29 is 13.3 Å². The molecule has 1 aliphatic rings. The zero-order valence-electron chi connectivity index (χ0n) is 11.4. The van der Waals surface area contributed by atoms with Gasteiger partial charge in [-0.3, -0.25) is 0 Å². The number of rotatable bonds is 4. The maximum absolute atomic E-state index is 12.2. The van der Waals surface area contributed by atoms with Gasteiger partial charge >= 0.3 is 5.82 Å². The standard InChI is InChI=1S/C12H17N3O4S/c1-12(2)6-5-9(7-12)14-20(18,19)10-3-4-11(13-8-10)15(16)17/h3-4,8-9,14H,5-7H2,1-2H3. The van der Waals surface area contributed by atoms with E-state index < -0.39 is 14.9 Å². The van der Waals surface area contributed by atoms with Crippen molar-refractivity contribution in [2.75, 3.05) is 0 Å². The molecule has 1 fully saturated rings. The van der Waals surface area contributed by atoms with Crippen LogP contribution in [0.1, 0.15) is 33.1 Å². The fraction of sp³-hybridized carbons (Fsp3) is 0.583. The van der Waals surface area contributed by atoms with E-state index in [0.717, 1.165) is 31.5 Å². The minimum atomic E-state index is -3.67. The molecule has 8 heteroatoms. The van der Waals surface area contributed by atoms with E-state index >= 15 is 0 Å². The van der Waals surface area contributed by atoms with Gasteiger partial charge in [0, 0.05) is 12.1 Å². The fourth-order valence-electron chi connectivity index (χ4n) is 2.46. The largest absolute Gasteiger partial charge is 0.363 e. The molecule has 1 aromatic heterocycles. The molecule has 1 aromatic rings. The highest BCUT2D eigenvalue weighted by Gasteiger charge is 2.33. The van der Waals surface area contributed by atoms with Crippen molar-refractivity contribution in [2.24, 2.45) is 5.41 Å². The van der Waals surface area contributed by atoms with Gasteiger partial charge < -0.3 is 10.1 Å². The number of sulfonamides is 1. The number of aromatic nitrogens is 1. The zero-order chi connectivity index (χ0) is 15.0. The summed E-state index contributed by atoms with van der Waals surface area (Å²) in [6.45, 7) is 4.21. The van der Waals surface area contributed by atoms with Crippen LogP contribution in [0.4, 0.5) is 5.82 Å². The van der Waals surface area contributed by atoms with Crippen LogP contribution in [0.25, 0.3) is 0 Å². The highest BCUT2D eigenvalue weighted by Crippen LogP contribution is 2.37. The summed E-state index contributed by atoms with van der Waals surface area (Å²) in [7, 11) is -3.67. The number of pyridine rings is 1. The summed E-state index contributed by atoms with van der Waals surface area (Å²) >= 11 is 0. The Labute approximate surface area is 117 Å². The summed E-state index contributed by atoms with van der Waals surface area (Å²) in [6.07, 6.45) is 3.57. The van der Waals surface area contributed by atoms with Crippen LogP contribution in [0.3, 0.4) is 0 Å². The van der Waals surface area contributed by atoms with E-state index in [1.807, 2.05) is 0 Å². The van der Waals surface area contributed by atoms with Gasteiger partial charge in [-0.25, -0.2) is 13.1 Å². The highest BCUT2D eigenvalue weighted by molar-refractivity contribution is 7.89. The minimum absolute atomic E-state index is 0.0483. The molecular formula is C12H17N3O4S. The zero-order valence-corrected chi connectivity index (χ0v) is 12.2. The average Bonchev–Trinajstić information content (AvgIpc) is 2.68. The number of hydrogen-bond donors (Lipinski definition) is 1. The Hall–Kier alpha value is -1.54. The van der Waals surface area contributed by atoms with Gasteiger partial charge in [-0.15, -0.1) is 0 Å². The molecule has 1 saturated carbocycles. The van der Waals surface area contributed by atoms with Gasteiger partial charge in [0.05, 0.1) is 0 Å². The SMILES string of the molecule is CC1(C)CCC(NS(=O)(=O)c2ccc([N+](=O)[O-])nc2)C1. The first-order valence-corrected chi connectivity index (χ1v) is 7.81. The third-order valence-corrected chi connectivity index (χ3v) is 5.01. The maximum Gasteiger partial charge on any atom is 0.363 e. The lowest BCUT2D eigenvalue weighted by atomic mass is 9.92. The lowest BCUT2D eigenvalue weighted by Crippen LogP contribution is -2.33. The van der Waals surface area contributed by atoms with E-state index in [0.29, 0.717) is 0 Å². The van der Waals surface area contributed by atoms with E-state index in [1.165, 1.54) is 6.07 Å². The average molecular weight is 299 g/mol. The molecule has 20 heavy (non-hydrogen) atoms. The lowest BCUT2D eigenvalue weighted by Gasteiger charge is -2.17. The van der Waals surface area contributed by atoms with Crippen molar-refractivity contribution in [1.82, 2.24) is 9.71 Å². The number of nitro groups is 1. The van der Waals surface area contributed by atoms with Gasteiger partial charge in [0.2, 0.25) is 10.0 Å². The second kappa shape index (κ2) is 5.10. The lowest BCUT2D eigenvalue weighted by molar-refractivity contribution is -0.389. The summed E-state index contributed by atoms with van der Waals surface area (Å²) in [5.74, 6) is -0.369. The van der Waals surface area contributed by atoms with E-state index in [-0.39, 0.29) is 22.2 Å². The predicted octanol–water partition coefficient (Wildman–Crippen LogP) is 1.85. The normalized spacial score (nSPS) is 21.8. The van der Waals surface area contributed by atoms with Crippen LogP contribution in [0, 0.1) is 15.5 Å². The summed E-state index contributed by atoms with van der Waals surface area (Å²) in [5.41, 5.74) is 0.140. The minimum Gasteiger partial charge on any atom is -0.358 e. The quantitative estimate of drug-likeness (QED) is 0.675. The van der Waals surface area contributed by atoms with Gasteiger partial charge in [0.15, 0.2) is 6.20 Å².